The van der Waals surface area contributed by atoms with E-state index in [-0.39, 0.29) is 31.1 Å². The lowest BCUT2D eigenvalue weighted by Gasteiger charge is -2.18. The van der Waals surface area contributed by atoms with E-state index in [1.165, 1.54) is 218 Å². The van der Waals surface area contributed by atoms with Crippen LogP contribution in [0.5, 0.6) is 0 Å². The van der Waals surface area contributed by atoms with Crippen molar-refractivity contribution in [3.05, 3.63) is 60.8 Å². The third-order valence-corrected chi connectivity index (χ3v) is 14.8. The van der Waals surface area contributed by atoms with Crippen LogP contribution in [0, 0.1) is 0 Å². The van der Waals surface area contributed by atoms with Crippen molar-refractivity contribution < 1.29 is 28.6 Å². The molecule has 0 saturated heterocycles. The third kappa shape index (κ3) is 62.0. The average Bonchev–Trinajstić information content (AvgIpc) is 3.42. The first-order valence-electron chi connectivity index (χ1n) is 33.3. The van der Waals surface area contributed by atoms with Gasteiger partial charge in [0.1, 0.15) is 13.2 Å². The van der Waals surface area contributed by atoms with Crippen LogP contribution in [-0.2, 0) is 28.6 Å². The minimum Gasteiger partial charge on any atom is -0.462 e. The summed E-state index contributed by atoms with van der Waals surface area (Å²) in [5.41, 5.74) is 0. The van der Waals surface area contributed by atoms with E-state index in [0.29, 0.717) is 19.3 Å². The van der Waals surface area contributed by atoms with E-state index in [2.05, 4.69) is 81.5 Å². The Labute approximate surface area is 472 Å². The van der Waals surface area contributed by atoms with E-state index in [4.69, 9.17) is 14.2 Å². The second kappa shape index (κ2) is 64.6. The van der Waals surface area contributed by atoms with Gasteiger partial charge in [0.05, 0.1) is 0 Å². The Hall–Kier alpha value is -2.89. The minimum atomic E-state index is -0.767. The predicted molar refractivity (Wildman–Crippen MR) is 330 cm³/mol. The van der Waals surface area contributed by atoms with E-state index in [1.54, 1.807) is 0 Å². The van der Waals surface area contributed by atoms with Crippen molar-refractivity contribution >= 4 is 17.9 Å². The van der Waals surface area contributed by atoms with Gasteiger partial charge >= 0.3 is 17.9 Å². The van der Waals surface area contributed by atoms with Crippen LogP contribution in [0.2, 0.25) is 0 Å². The Morgan fingerprint density at radius 3 is 0.803 bits per heavy atom. The van der Waals surface area contributed by atoms with Gasteiger partial charge in [-0.1, -0.05) is 326 Å². The largest absolute Gasteiger partial charge is 0.462 e. The Balaban J connectivity index is 4.05. The van der Waals surface area contributed by atoms with E-state index >= 15 is 0 Å². The molecule has 0 amide bonds. The van der Waals surface area contributed by atoms with Crippen molar-refractivity contribution in [1.82, 2.24) is 0 Å². The monoisotopic (exact) mass is 1060 g/mol. The molecule has 0 bridgehead atoms. The molecule has 6 heteroatoms. The Morgan fingerprint density at radius 1 is 0.276 bits per heavy atom. The fourth-order valence-electron chi connectivity index (χ4n) is 9.83. The van der Waals surface area contributed by atoms with Crippen molar-refractivity contribution in [1.29, 1.82) is 0 Å². The van der Waals surface area contributed by atoms with Crippen molar-refractivity contribution in [2.24, 2.45) is 0 Å². The van der Waals surface area contributed by atoms with Gasteiger partial charge in [0, 0.05) is 19.3 Å². The normalized spacial score (nSPS) is 12.4. The number of esters is 3. The number of unbranched alkanes of at least 4 members (excludes halogenated alkanes) is 40. The molecule has 0 heterocycles. The Bertz CT molecular complexity index is 1360. The number of rotatable bonds is 61. The van der Waals surface area contributed by atoms with Crippen LogP contribution in [0.15, 0.2) is 60.8 Å². The minimum absolute atomic E-state index is 0.0669. The molecule has 0 N–H and O–H groups in total. The van der Waals surface area contributed by atoms with E-state index in [9.17, 15) is 14.4 Å². The molecule has 0 aromatic carbocycles. The summed E-state index contributed by atoms with van der Waals surface area (Å²) >= 11 is 0. The summed E-state index contributed by atoms with van der Waals surface area (Å²) in [5.74, 6) is -0.847. The van der Waals surface area contributed by atoms with Crippen molar-refractivity contribution in [3.63, 3.8) is 0 Å². The highest BCUT2D eigenvalue weighted by Gasteiger charge is 2.19. The van der Waals surface area contributed by atoms with E-state index < -0.39 is 6.10 Å². The van der Waals surface area contributed by atoms with Gasteiger partial charge in [0.2, 0.25) is 0 Å². The number of allylic oxidation sites excluding steroid dienone is 10. The van der Waals surface area contributed by atoms with Crippen LogP contribution < -0.4 is 0 Å². The quantitative estimate of drug-likeness (QED) is 0.0261. The molecular weight excluding hydrogens is 937 g/mol. The van der Waals surface area contributed by atoms with Crippen LogP contribution in [0.1, 0.15) is 348 Å². The number of carbonyl (C=O) groups is 3. The van der Waals surface area contributed by atoms with Gasteiger partial charge in [0.25, 0.3) is 0 Å². The Kier molecular flexibility index (Phi) is 62.2. The summed E-state index contributed by atoms with van der Waals surface area (Å²) in [6.45, 7) is 6.56. The highest BCUT2D eigenvalue weighted by Crippen LogP contribution is 2.18. The molecule has 442 valence electrons. The Morgan fingerprint density at radius 2 is 0.513 bits per heavy atom. The lowest BCUT2D eigenvalue weighted by atomic mass is 10.0. The van der Waals surface area contributed by atoms with Crippen LogP contribution >= 0.6 is 0 Å². The number of hydrogen-bond donors (Lipinski definition) is 0. The van der Waals surface area contributed by atoms with Crippen LogP contribution in [0.25, 0.3) is 0 Å². The molecular formula is C70H126O6. The molecule has 0 rings (SSSR count). The average molecular weight is 1060 g/mol. The maximum Gasteiger partial charge on any atom is 0.306 e. The predicted octanol–water partition coefficient (Wildman–Crippen LogP) is 22.7. The molecule has 0 aromatic heterocycles. The van der Waals surface area contributed by atoms with E-state index in [1.807, 2.05) is 0 Å². The fourth-order valence-corrected chi connectivity index (χ4v) is 9.83. The number of carbonyl (C=O) groups excluding carboxylic acids is 3. The van der Waals surface area contributed by atoms with Crippen LogP contribution in [0.3, 0.4) is 0 Å². The molecule has 6 nitrogen and oxygen atoms in total. The van der Waals surface area contributed by atoms with Crippen molar-refractivity contribution in [3.8, 4) is 0 Å². The lowest BCUT2D eigenvalue weighted by Crippen LogP contribution is -2.30. The number of hydrogen-bond acceptors (Lipinski definition) is 6. The molecule has 76 heavy (non-hydrogen) atoms. The molecule has 0 aliphatic rings. The second-order valence-corrected chi connectivity index (χ2v) is 22.4. The lowest BCUT2D eigenvalue weighted by molar-refractivity contribution is -0.167. The second-order valence-electron chi connectivity index (χ2n) is 22.4. The standard InChI is InChI=1S/C70H126O6/c1-4-7-10-13-16-19-21-23-25-27-28-29-30-31-32-33-34-35-36-37-38-39-40-41-42-43-45-46-48-51-54-57-60-63-69(72)75-66-67(65-74-68(71)62-59-56-53-50-18-15-12-9-6-3)76-70(73)64-61-58-55-52-49-47-44-26-24-22-20-17-14-11-8-5-2/h7,10,16,19,23,25,28-29,31-32,67H,4-6,8-9,11-15,17-18,20-22,24,26-27,30,33-66H2,1-3H3/b10-7-,19-16-,25-23-,29-28-,32-31-. The molecule has 0 radical (unpaired) electrons. The topological polar surface area (TPSA) is 78.9 Å². The molecule has 0 saturated carbocycles. The van der Waals surface area contributed by atoms with Crippen LogP contribution in [-0.4, -0.2) is 37.2 Å². The smallest absolute Gasteiger partial charge is 0.306 e. The first-order valence-corrected chi connectivity index (χ1v) is 33.3. The van der Waals surface area contributed by atoms with Crippen molar-refractivity contribution in [2.75, 3.05) is 13.2 Å². The van der Waals surface area contributed by atoms with Gasteiger partial charge in [-0.05, 0) is 64.2 Å². The van der Waals surface area contributed by atoms with Gasteiger partial charge < -0.3 is 14.2 Å². The molecule has 0 aliphatic carbocycles. The van der Waals surface area contributed by atoms with Crippen LogP contribution in [0.4, 0.5) is 0 Å². The maximum atomic E-state index is 12.9. The van der Waals surface area contributed by atoms with Gasteiger partial charge in [-0.25, -0.2) is 0 Å². The highest BCUT2D eigenvalue weighted by molar-refractivity contribution is 5.71. The fraction of sp³-hybridized carbons (Fsp3) is 0.814. The molecule has 1 atom stereocenters. The maximum absolute atomic E-state index is 12.9. The molecule has 0 aliphatic heterocycles. The van der Waals surface area contributed by atoms with Gasteiger partial charge in [-0.15, -0.1) is 0 Å². The molecule has 0 aromatic rings. The summed E-state index contributed by atoms with van der Waals surface area (Å²) in [6, 6.07) is 0. The van der Waals surface area contributed by atoms with Gasteiger partial charge in [-0.2, -0.15) is 0 Å². The third-order valence-electron chi connectivity index (χ3n) is 14.8. The molecule has 0 fully saturated rings. The highest BCUT2D eigenvalue weighted by atomic mass is 16.6. The van der Waals surface area contributed by atoms with Crippen molar-refractivity contribution in [2.45, 2.75) is 354 Å². The van der Waals surface area contributed by atoms with E-state index in [0.717, 1.165) is 89.9 Å². The number of ether oxygens (including phenoxy) is 3. The summed E-state index contributed by atoms with van der Waals surface area (Å²) < 4.78 is 16.9. The van der Waals surface area contributed by atoms with Gasteiger partial charge in [0.15, 0.2) is 6.10 Å². The van der Waals surface area contributed by atoms with Gasteiger partial charge in [-0.3, -0.25) is 14.4 Å². The molecule has 1 unspecified atom stereocenters. The zero-order valence-corrected chi connectivity index (χ0v) is 50.8. The zero-order chi connectivity index (χ0) is 55.0. The summed E-state index contributed by atoms with van der Waals surface area (Å²) in [6.07, 6.45) is 82.6. The SMILES string of the molecule is CC/C=C\C/C=C\C/C=C\C/C=C\C/C=C\CCCCCCCCCCCCCCCCCCCC(=O)OCC(COC(=O)CCCCCCCCCCC)OC(=O)CCCCCCCCCCCCCCCCCC. The first kappa shape index (κ1) is 73.1. The summed E-state index contributed by atoms with van der Waals surface area (Å²) in [5, 5.41) is 0. The summed E-state index contributed by atoms with van der Waals surface area (Å²) in [4.78, 5) is 38.2. The first-order chi connectivity index (χ1) is 37.5. The molecule has 0 spiro atoms. The zero-order valence-electron chi connectivity index (χ0n) is 50.8. The summed E-state index contributed by atoms with van der Waals surface area (Å²) in [7, 11) is 0.